The zero-order chi connectivity index (χ0) is 14.5. The maximum atomic E-state index is 5.38. The number of aromatic nitrogens is 3. The van der Waals surface area contributed by atoms with Gasteiger partial charge in [0.25, 0.3) is 0 Å². The highest BCUT2D eigenvalue weighted by Crippen LogP contribution is 2.26. The molecular weight excluding hydrogens is 256 g/mol. The summed E-state index contributed by atoms with van der Waals surface area (Å²) < 4.78 is 5.07. The van der Waals surface area contributed by atoms with Gasteiger partial charge < -0.3 is 9.64 Å². The van der Waals surface area contributed by atoms with Crippen LogP contribution in [0, 0.1) is 6.92 Å². The van der Waals surface area contributed by atoms with Gasteiger partial charge in [0.15, 0.2) is 0 Å². The van der Waals surface area contributed by atoms with Crippen molar-refractivity contribution in [3.63, 3.8) is 0 Å². The summed E-state index contributed by atoms with van der Waals surface area (Å²) in [6.45, 7) is 4.78. The molecule has 0 radical (unpaired) electrons. The van der Waals surface area contributed by atoms with Crippen LogP contribution in [0.25, 0.3) is 0 Å². The van der Waals surface area contributed by atoms with Crippen LogP contribution < -0.4 is 20.9 Å². The average molecular weight is 274 g/mol. The van der Waals surface area contributed by atoms with Crippen molar-refractivity contribution in [2.75, 3.05) is 24.0 Å². The first-order valence-electron chi connectivity index (χ1n) is 6.29. The summed E-state index contributed by atoms with van der Waals surface area (Å²) in [6.07, 6.45) is 0. The number of rotatable bonds is 5. The summed E-state index contributed by atoms with van der Waals surface area (Å²) in [5.41, 5.74) is 4.59. The number of anilines is 3. The second kappa shape index (κ2) is 6.16. The molecule has 7 nitrogen and oxygen atoms in total. The van der Waals surface area contributed by atoms with E-state index >= 15 is 0 Å². The van der Waals surface area contributed by atoms with E-state index in [1.807, 2.05) is 43.0 Å². The van der Waals surface area contributed by atoms with E-state index in [0.717, 1.165) is 11.3 Å². The van der Waals surface area contributed by atoms with E-state index in [-0.39, 0.29) is 12.0 Å². The molecule has 0 bridgehead atoms. The molecule has 0 unspecified atom stereocenters. The molecule has 0 fully saturated rings. The zero-order valence-electron chi connectivity index (χ0n) is 11.8. The van der Waals surface area contributed by atoms with E-state index in [4.69, 9.17) is 10.6 Å². The minimum atomic E-state index is 0.218. The monoisotopic (exact) mass is 274 g/mol. The molecule has 0 saturated heterocycles. The number of methoxy groups -OCH3 is 1. The molecular formula is C13H18N6O. The molecule has 7 heteroatoms. The van der Waals surface area contributed by atoms with E-state index in [0.29, 0.717) is 12.5 Å². The lowest BCUT2D eigenvalue weighted by atomic mass is 10.2. The molecule has 20 heavy (non-hydrogen) atoms. The van der Waals surface area contributed by atoms with Crippen molar-refractivity contribution in [2.24, 2.45) is 5.84 Å². The maximum Gasteiger partial charge on any atom is 0.322 e. The lowest BCUT2D eigenvalue weighted by molar-refractivity contribution is 0.379. The van der Waals surface area contributed by atoms with Gasteiger partial charge >= 0.3 is 6.01 Å². The Kier molecular flexibility index (Phi) is 4.31. The Bertz CT molecular complexity index is 567. The molecule has 0 saturated carbocycles. The van der Waals surface area contributed by atoms with Gasteiger partial charge in [-0.15, -0.1) is 0 Å². The number of nitrogens with two attached hydrogens (primary N) is 1. The van der Waals surface area contributed by atoms with Gasteiger partial charge in [-0.1, -0.05) is 18.2 Å². The molecule has 106 valence electrons. The van der Waals surface area contributed by atoms with Crippen molar-refractivity contribution in [3.05, 3.63) is 29.8 Å². The van der Waals surface area contributed by atoms with Crippen LogP contribution in [0.15, 0.2) is 24.3 Å². The van der Waals surface area contributed by atoms with Crippen LogP contribution in [0.1, 0.15) is 12.5 Å². The highest BCUT2D eigenvalue weighted by atomic mass is 16.5. The van der Waals surface area contributed by atoms with Gasteiger partial charge in [0, 0.05) is 12.2 Å². The number of aryl methyl sites for hydroxylation is 1. The molecule has 0 atom stereocenters. The molecule has 0 spiro atoms. The van der Waals surface area contributed by atoms with Crippen LogP contribution in [0.3, 0.4) is 0 Å². The second-order valence-corrected chi connectivity index (χ2v) is 4.12. The lowest BCUT2D eigenvalue weighted by Gasteiger charge is -2.23. The summed E-state index contributed by atoms with van der Waals surface area (Å²) in [5.74, 6) is 6.13. The van der Waals surface area contributed by atoms with E-state index in [1.54, 1.807) is 0 Å². The van der Waals surface area contributed by atoms with E-state index in [9.17, 15) is 0 Å². The van der Waals surface area contributed by atoms with Gasteiger partial charge in [-0.05, 0) is 25.5 Å². The predicted octanol–water partition coefficient (Wildman–Crippen LogP) is 1.63. The number of ether oxygens (including phenoxy) is 1. The highest BCUT2D eigenvalue weighted by molar-refractivity contribution is 5.62. The molecule has 0 aliphatic heterocycles. The summed E-state index contributed by atoms with van der Waals surface area (Å²) in [5, 5.41) is 0. The van der Waals surface area contributed by atoms with Crippen LogP contribution in [0.5, 0.6) is 6.01 Å². The van der Waals surface area contributed by atoms with Crippen LogP contribution in [-0.2, 0) is 0 Å². The maximum absolute atomic E-state index is 5.38. The fraction of sp³-hybridized carbons (Fsp3) is 0.308. The highest BCUT2D eigenvalue weighted by Gasteiger charge is 2.15. The summed E-state index contributed by atoms with van der Waals surface area (Å²) in [6, 6.07) is 8.25. The average Bonchev–Trinajstić information content (AvgIpc) is 2.49. The molecule has 2 rings (SSSR count). The van der Waals surface area contributed by atoms with Gasteiger partial charge in [-0.3, -0.25) is 5.43 Å². The van der Waals surface area contributed by atoms with Gasteiger partial charge in [-0.2, -0.15) is 15.0 Å². The first-order valence-corrected chi connectivity index (χ1v) is 6.29. The number of hydrogen-bond acceptors (Lipinski definition) is 7. The molecule has 0 amide bonds. The summed E-state index contributed by atoms with van der Waals surface area (Å²) in [7, 11) is 1.50. The Morgan fingerprint density at radius 2 is 2.00 bits per heavy atom. The van der Waals surface area contributed by atoms with Gasteiger partial charge in [0.05, 0.1) is 7.11 Å². The minimum Gasteiger partial charge on any atom is -0.467 e. The Hall–Kier alpha value is -2.41. The van der Waals surface area contributed by atoms with Crippen LogP contribution in [0.4, 0.5) is 17.6 Å². The van der Waals surface area contributed by atoms with Gasteiger partial charge in [0.2, 0.25) is 11.9 Å². The number of nitrogen functional groups attached to an aromatic ring is 1. The van der Waals surface area contributed by atoms with Crippen LogP contribution >= 0.6 is 0 Å². The van der Waals surface area contributed by atoms with Crippen molar-refractivity contribution in [3.8, 4) is 6.01 Å². The number of para-hydroxylation sites is 1. The molecule has 0 aliphatic rings. The third kappa shape index (κ3) is 2.77. The molecule has 1 aromatic heterocycles. The zero-order valence-corrected chi connectivity index (χ0v) is 11.8. The molecule has 3 N–H and O–H groups in total. The first kappa shape index (κ1) is 14.0. The fourth-order valence-electron chi connectivity index (χ4n) is 1.91. The van der Waals surface area contributed by atoms with E-state index < -0.39 is 0 Å². The van der Waals surface area contributed by atoms with Crippen molar-refractivity contribution in [1.29, 1.82) is 0 Å². The third-order valence-corrected chi connectivity index (χ3v) is 2.88. The topological polar surface area (TPSA) is 89.2 Å². The lowest BCUT2D eigenvalue weighted by Crippen LogP contribution is -2.22. The third-order valence-electron chi connectivity index (χ3n) is 2.88. The SMILES string of the molecule is CCN(c1nc(NN)nc(OC)n1)c1ccccc1C. The Labute approximate surface area is 117 Å². The standard InChI is InChI=1S/C13H18N6O/c1-4-19(10-8-6-5-7-9(10)2)12-15-11(18-14)16-13(17-12)20-3/h5-8H,4,14H2,1-3H3,(H,15,16,17,18). The Morgan fingerprint density at radius 3 is 2.60 bits per heavy atom. The Morgan fingerprint density at radius 1 is 1.25 bits per heavy atom. The van der Waals surface area contributed by atoms with Crippen LogP contribution in [0.2, 0.25) is 0 Å². The number of nitrogens with one attached hydrogen (secondary N) is 1. The quantitative estimate of drug-likeness (QED) is 0.632. The summed E-state index contributed by atoms with van der Waals surface area (Å²) in [4.78, 5) is 14.5. The Balaban J connectivity index is 2.49. The summed E-state index contributed by atoms with van der Waals surface area (Å²) >= 11 is 0. The molecule has 0 aliphatic carbocycles. The van der Waals surface area contributed by atoms with Crippen molar-refractivity contribution >= 4 is 17.6 Å². The fourth-order valence-corrected chi connectivity index (χ4v) is 1.91. The van der Waals surface area contributed by atoms with Crippen molar-refractivity contribution in [2.45, 2.75) is 13.8 Å². The van der Waals surface area contributed by atoms with Crippen LogP contribution in [-0.4, -0.2) is 28.6 Å². The largest absolute Gasteiger partial charge is 0.467 e. The van der Waals surface area contributed by atoms with Gasteiger partial charge in [0.1, 0.15) is 0 Å². The normalized spacial score (nSPS) is 10.2. The second-order valence-electron chi connectivity index (χ2n) is 4.12. The minimum absolute atomic E-state index is 0.218. The van der Waals surface area contributed by atoms with Crippen molar-refractivity contribution in [1.82, 2.24) is 15.0 Å². The van der Waals surface area contributed by atoms with Crippen molar-refractivity contribution < 1.29 is 4.74 Å². The first-order chi connectivity index (χ1) is 9.69. The van der Waals surface area contributed by atoms with E-state index in [1.165, 1.54) is 7.11 Å². The van der Waals surface area contributed by atoms with Gasteiger partial charge in [-0.25, -0.2) is 5.84 Å². The number of hydrogen-bond donors (Lipinski definition) is 2. The number of benzene rings is 1. The van der Waals surface area contributed by atoms with E-state index in [2.05, 4.69) is 20.4 Å². The molecule has 1 aromatic carbocycles. The number of nitrogens with zero attached hydrogens (tertiary/aromatic N) is 4. The molecule has 2 aromatic rings. The predicted molar refractivity (Wildman–Crippen MR) is 78.0 cm³/mol. The molecule has 1 heterocycles. The number of hydrazine groups is 1. The smallest absolute Gasteiger partial charge is 0.322 e.